The quantitative estimate of drug-likeness (QED) is 0.763. The van der Waals surface area contributed by atoms with Gasteiger partial charge in [-0.15, -0.1) is 0 Å². The van der Waals surface area contributed by atoms with Crippen molar-refractivity contribution in [1.82, 2.24) is 0 Å². The van der Waals surface area contributed by atoms with E-state index in [-0.39, 0.29) is 6.04 Å². The van der Waals surface area contributed by atoms with Crippen LogP contribution in [0, 0.1) is 0 Å². The van der Waals surface area contributed by atoms with Crippen LogP contribution >= 0.6 is 15.9 Å². The second kappa shape index (κ2) is 3.50. The fourth-order valence-electron chi connectivity index (χ4n) is 1.62. The molecule has 2 nitrogen and oxygen atoms in total. The Balaban J connectivity index is 2.36. The molecule has 1 unspecified atom stereocenters. The van der Waals surface area contributed by atoms with Crippen LogP contribution in [-0.2, 0) is 11.2 Å². The smallest absolute Gasteiger partial charge is 0.142 e. The Kier molecular flexibility index (Phi) is 2.36. The van der Waals surface area contributed by atoms with Gasteiger partial charge in [-0.1, -0.05) is 22.0 Å². The Morgan fingerprint density at radius 2 is 2.38 bits per heavy atom. The van der Waals surface area contributed by atoms with Gasteiger partial charge in [-0.2, -0.15) is 0 Å². The fraction of sp³-hybridized carbons (Fsp3) is 0.300. The third-order valence-corrected chi connectivity index (χ3v) is 3.07. The van der Waals surface area contributed by atoms with Crippen LogP contribution in [0.4, 0.5) is 5.69 Å². The molecule has 0 saturated carbocycles. The average molecular weight is 240 g/mol. The molecule has 1 aliphatic heterocycles. The van der Waals surface area contributed by atoms with Crippen LogP contribution in [0.5, 0.6) is 0 Å². The average Bonchev–Trinajstić information content (AvgIpc) is 2.18. The number of fused-ring (bicyclic) bond motifs is 1. The first-order valence-electron chi connectivity index (χ1n) is 4.30. The zero-order valence-electron chi connectivity index (χ0n) is 7.09. The summed E-state index contributed by atoms with van der Waals surface area (Å²) < 4.78 is 1.13. The van der Waals surface area contributed by atoms with Gasteiger partial charge >= 0.3 is 0 Å². The van der Waals surface area contributed by atoms with E-state index in [1.807, 2.05) is 18.2 Å². The van der Waals surface area contributed by atoms with Gasteiger partial charge < -0.3 is 10.1 Å². The molecule has 1 aliphatic rings. The maximum atomic E-state index is 10.6. The number of carbonyl (C=O) groups excluding carboxylic acids is 1. The van der Waals surface area contributed by atoms with Gasteiger partial charge in [0.25, 0.3) is 0 Å². The predicted octanol–water partition coefficient (Wildman–Crippen LogP) is 2.37. The SMILES string of the molecule is O=CC1CCc2c(Br)cccc2N1. The summed E-state index contributed by atoms with van der Waals surface area (Å²) in [5, 5.41) is 3.19. The molecule has 1 N–H and O–H groups in total. The van der Waals surface area contributed by atoms with Crippen molar-refractivity contribution in [2.45, 2.75) is 18.9 Å². The van der Waals surface area contributed by atoms with Crippen molar-refractivity contribution >= 4 is 27.9 Å². The minimum Gasteiger partial charge on any atom is -0.375 e. The van der Waals surface area contributed by atoms with Crippen molar-refractivity contribution in [3.05, 3.63) is 28.2 Å². The fourth-order valence-corrected chi connectivity index (χ4v) is 2.19. The third-order valence-electron chi connectivity index (χ3n) is 2.33. The molecule has 1 aromatic carbocycles. The van der Waals surface area contributed by atoms with Gasteiger partial charge in [0.2, 0.25) is 0 Å². The predicted molar refractivity (Wildman–Crippen MR) is 55.9 cm³/mol. The van der Waals surface area contributed by atoms with Crippen molar-refractivity contribution in [2.75, 3.05) is 5.32 Å². The van der Waals surface area contributed by atoms with Crippen molar-refractivity contribution in [3.8, 4) is 0 Å². The molecular weight excluding hydrogens is 230 g/mol. The summed E-state index contributed by atoms with van der Waals surface area (Å²) in [7, 11) is 0. The molecule has 0 fully saturated rings. The molecule has 1 atom stereocenters. The maximum absolute atomic E-state index is 10.6. The molecule has 3 heteroatoms. The Labute approximate surface area is 85.5 Å². The second-order valence-electron chi connectivity index (χ2n) is 3.19. The maximum Gasteiger partial charge on any atom is 0.142 e. The summed E-state index contributed by atoms with van der Waals surface area (Å²) in [6, 6.07) is 6.00. The molecule has 2 rings (SSSR count). The van der Waals surface area contributed by atoms with Gasteiger partial charge in [0, 0.05) is 10.2 Å². The lowest BCUT2D eigenvalue weighted by Gasteiger charge is -2.23. The Morgan fingerprint density at radius 3 is 3.15 bits per heavy atom. The van der Waals surface area contributed by atoms with E-state index in [0.717, 1.165) is 29.3 Å². The Bertz CT molecular complexity index is 338. The summed E-state index contributed by atoms with van der Waals surface area (Å²) in [6.07, 6.45) is 2.83. The second-order valence-corrected chi connectivity index (χ2v) is 4.05. The summed E-state index contributed by atoms with van der Waals surface area (Å²) in [6.45, 7) is 0. The summed E-state index contributed by atoms with van der Waals surface area (Å²) >= 11 is 3.50. The van der Waals surface area contributed by atoms with E-state index in [1.54, 1.807) is 0 Å². The molecule has 0 saturated heterocycles. The van der Waals surface area contributed by atoms with Gasteiger partial charge in [0.15, 0.2) is 0 Å². The molecule has 0 aromatic heterocycles. The number of carbonyl (C=O) groups is 1. The molecule has 0 aliphatic carbocycles. The van der Waals surface area contributed by atoms with E-state index in [4.69, 9.17) is 0 Å². The van der Waals surface area contributed by atoms with E-state index in [9.17, 15) is 4.79 Å². The van der Waals surface area contributed by atoms with Crippen molar-refractivity contribution in [2.24, 2.45) is 0 Å². The van der Waals surface area contributed by atoms with Crippen LogP contribution in [-0.4, -0.2) is 12.3 Å². The Morgan fingerprint density at radius 1 is 1.54 bits per heavy atom. The highest BCUT2D eigenvalue weighted by molar-refractivity contribution is 9.10. The first-order chi connectivity index (χ1) is 6.31. The lowest BCUT2D eigenvalue weighted by molar-refractivity contribution is -0.108. The lowest BCUT2D eigenvalue weighted by atomic mass is 9.99. The standard InChI is InChI=1S/C10H10BrNO/c11-9-2-1-3-10-8(9)5-4-7(6-13)12-10/h1-3,6-7,12H,4-5H2. The molecular formula is C10H10BrNO. The first kappa shape index (κ1) is 8.75. The summed E-state index contributed by atoms with van der Waals surface area (Å²) in [5.74, 6) is 0. The van der Waals surface area contributed by atoms with Crippen LogP contribution in [0.2, 0.25) is 0 Å². The van der Waals surface area contributed by atoms with Crippen LogP contribution < -0.4 is 5.32 Å². The normalized spacial score (nSPS) is 20.2. The minimum atomic E-state index is -0.0122. The van der Waals surface area contributed by atoms with Crippen LogP contribution in [0.1, 0.15) is 12.0 Å². The number of aldehydes is 1. The van der Waals surface area contributed by atoms with Crippen molar-refractivity contribution in [3.63, 3.8) is 0 Å². The highest BCUT2D eigenvalue weighted by Gasteiger charge is 2.17. The first-order valence-corrected chi connectivity index (χ1v) is 5.10. The van der Waals surface area contributed by atoms with Crippen LogP contribution in [0.3, 0.4) is 0 Å². The molecule has 0 amide bonds. The van der Waals surface area contributed by atoms with E-state index in [0.29, 0.717) is 0 Å². The van der Waals surface area contributed by atoms with Gasteiger partial charge in [-0.3, -0.25) is 0 Å². The Hall–Kier alpha value is -0.830. The zero-order valence-corrected chi connectivity index (χ0v) is 8.67. The number of rotatable bonds is 1. The van der Waals surface area contributed by atoms with E-state index in [1.165, 1.54) is 5.56 Å². The zero-order chi connectivity index (χ0) is 9.26. The molecule has 0 bridgehead atoms. The summed E-state index contributed by atoms with van der Waals surface area (Å²) in [4.78, 5) is 10.6. The van der Waals surface area contributed by atoms with E-state index in [2.05, 4.69) is 21.2 Å². The largest absolute Gasteiger partial charge is 0.375 e. The topological polar surface area (TPSA) is 29.1 Å². The number of halogens is 1. The molecule has 13 heavy (non-hydrogen) atoms. The van der Waals surface area contributed by atoms with Gasteiger partial charge in [0.1, 0.15) is 6.29 Å². The molecule has 1 heterocycles. The number of benzene rings is 1. The number of anilines is 1. The minimum absolute atomic E-state index is 0.0122. The van der Waals surface area contributed by atoms with Gasteiger partial charge in [-0.25, -0.2) is 0 Å². The number of nitrogens with one attached hydrogen (secondary N) is 1. The number of hydrogen-bond acceptors (Lipinski definition) is 2. The van der Waals surface area contributed by atoms with Crippen LogP contribution in [0.25, 0.3) is 0 Å². The lowest BCUT2D eigenvalue weighted by Crippen LogP contribution is -2.26. The van der Waals surface area contributed by atoms with Crippen molar-refractivity contribution < 1.29 is 4.79 Å². The van der Waals surface area contributed by atoms with Gasteiger partial charge in [-0.05, 0) is 30.5 Å². The molecule has 0 radical (unpaired) electrons. The van der Waals surface area contributed by atoms with E-state index >= 15 is 0 Å². The monoisotopic (exact) mass is 239 g/mol. The van der Waals surface area contributed by atoms with Crippen molar-refractivity contribution in [1.29, 1.82) is 0 Å². The summed E-state index contributed by atoms with van der Waals surface area (Å²) in [5.41, 5.74) is 2.36. The third kappa shape index (κ3) is 1.61. The number of hydrogen-bond donors (Lipinski definition) is 1. The highest BCUT2D eigenvalue weighted by atomic mass is 79.9. The molecule has 68 valence electrons. The molecule has 1 aromatic rings. The van der Waals surface area contributed by atoms with Gasteiger partial charge in [0.05, 0.1) is 6.04 Å². The van der Waals surface area contributed by atoms with Crippen LogP contribution in [0.15, 0.2) is 22.7 Å². The van der Waals surface area contributed by atoms with E-state index < -0.39 is 0 Å². The highest BCUT2D eigenvalue weighted by Crippen LogP contribution is 2.30. The molecule has 0 spiro atoms.